The van der Waals surface area contributed by atoms with E-state index in [0.717, 1.165) is 22.4 Å². The van der Waals surface area contributed by atoms with Crippen LogP contribution in [-0.2, 0) is 10.5 Å². The van der Waals surface area contributed by atoms with Crippen molar-refractivity contribution in [2.75, 3.05) is 0 Å². The summed E-state index contributed by atoms with van der Waals surface area (Å²) in [7, 11) is 0. The number of para-hydroxylation sites is 1. The molecule has 0 spiro atoms. The summed E-state index contributed by atoms with van der Waals surface area (Å²) in [5.41, 5.74) is 1.51. The van der Waals surface area contributed by atoms with Crippen molar-refractivity contribution in [2.24, 2.45) is 0 Å². The Morgan fingerprint density at radius 2 is 1.75 bits per heavy atom. The average molecular weight is 265 g/mol. The van der Waals surface area contributed by atoms with Crippen LogP contribution in [0.5, 0.6) is 5.75 Å². The summed E-state index contributed by atoms with van der Waals surface area (Å²) in [6, 6.07) is 17.3. The van der Waals surface area contributed by atoms with Gasteiger partial charge in [-0.25, -0.2) is 0 Å². The van der Waals surface area contributed by atoms with E-state index in [1.165, 1.54) is 6.92 Å². The van der Waals surface area contributed by atoms with E-state index in [2.05, 4.69) is 11.9 Å². The molecule has 0 saturated carbocycles. The van der Waals surface area contributed by atoms with Gasteiger partial charge in [0.1, 0.15) is 5.75 Å². The van der Waals surface area contributed by atoms with Crippen LogP contribution in [0.25, 0.3) is 5.57 Å². The van der Waals surface area contributed by atoms with Crippen molar-refractivity contribution in [3.63, 3.8) is 0 Å². The number of amides is 1. The molecule has 0 aliphatic carbocycles. The highest BCUT2D eigenvalue weighted by molar-refractivity contribution is 5.85. The molecule has 0 bridgehead atoms. The largest absolute Gasteiger partial charge is 0.459 e. The summed E-state index contributed by atoms with van der Waals surface area (Å²) in [6.07, 6.45) is 0. The maximum Gasteiger partial charge on any atom is 0.235 e. The van der Waals surface area contributed by atoms with E-state index < -0.39 is 5.72 Å². The fourth-order valence-corrected chi connectivity index (χ4v) is 2.55. The van der Waals surface area contributed by atoms with E-state index in [1.54, 1.807) is 0 Å². The lowest BCUT2D eigenvalue weighted by atomic mass is 9.92. The highest BCUT2D eigenvalue weighted by Crippen LogP contribution is 2.47. The predicted molar refractivity (Wildman–Crippen MR) is 78.0 cm³/mol. The summed E-state index contributed by atoms with van der Waals surface area (Å²) >= 11 is 0. The van der Waals surface area contributed by atoms with Gasteiger partial charge in [0.05, 0.1) is 0 Å². The molecule has 100 valence electrons. The molecular weight excluding hydrogens is 250 g/mol. The number of benzene rings is 2. The SMILES string of the molecule is C=C1c2ccccc2OC1(NC(C)=O)c1ccccc1. The number of carbonyl (C=O) groups excluding carboxylic acids is 1. The molecule has 0 saturated heterocycles. The van der Waals surface area contributed by atoms with Crippen LogP contribution >= 0.6 is 0 Å². The van der Waals surface area contributed by atoms with Gasteiger partial charge in [-0.1, -0.05) is 55.1 Å². The summed E-state index contributed by atoms with van der Waals surface area (Å²) in [6.45, 7) is 5.62. The molecule has 1 N–H and O–H groups in total. The number of fused-ring (bicyclic) bond motifs is 1. The third kappa shape index (κ3) is 1.79. The van der Waals surface area contributed by atoms with E-state index in [9.17, 15) is 4.79 Å². The first kappa shape index (κ1) is 12.5. The molecule has 1 aliphatic heterocycles. The van der Waals surface area contributed by atoms with Gasteiger partial charge >= 0.3 is 0 Å². The molecule has 1 amide bonds. The molecule has 3 nitrogen and oxygen atoms in total. The second-order valence-corrected chi connectivity index (χ2v) is 4.81. The highest BCUT2D eigenvalue weighted by atomic mass is 16.5. The smallest absolute Gasteiger partial charge is 0.235 e. The standard InChI is InChI=1S/C17H15NO2/c1-12-15-10-6-7-11-16(15)20-17(12,18-13(2)19)14-8-4-3-5-9-14/h3-11H,1H2,2H3,(H,18,19). The highest BCUT2D eigenvalue weighted by Gasteiger charge is 2.45. The average Bonchev–Trinajstić information content (AvgIpc) is 2.74. The molecule has 3 heteroatoms. The van der Waals surface area contributed by atoms with Crippen LogP contribution in [0, 0.1) is 0 Å². The van der Waals surface area contributed by atoms with Crippen molar-refractivity contribution in [1.29, 1.82) is 0 Å². The lowest BCUT2D eigenvalue weighted by Crippen LogP contribution is -2.47. The first-order valence-corrected chi connectivity index (χ1v) is 6.45. The van der Waals surface area contributed by atoms with Crippen LogP contribution in [-0.4, -0.2) is 5.91 Å². The zero-order valence-corrected chi connectivity index (χ0v) is 11.2. The normalized spacial score (nSPS) is 20.1. The molecule has 0 aromatic heterocycles. The molecule has 1 aliphatic rings. The van der Waals surface area contributed by atoms with E-state index in [-0.39, 0.29) is 5.91 Å². The number of hydrogen-bond donors (Lipinski definition) is 1. The Morgan fingerprint density at radius 1 is 1.10 bits per heavy atom. The Labute approximate surface area is 117 Å². The minimum Gasteiger partial charge on any atom is -0.459 e. The molecule has 20 heavy (non-hydrogen) atoms. The van der Waals surface area contributed by atoms with Gasteiger partial charge in [0.2, 0.25) is 11.6 Å². The van der Waals surface area contributed by atoms with E-state index in [0.29, 0.717) is 0 Å². The number of hydrogen-bond acceptors (Lipinski definition) is 2. The van der Waals surface area contributed by atoms with E-state index in [4.69, 9.17) is 4.74 Å². The second kappa shape index (κ2) is 4.53. The lowest BCUT2D eigenvalue weighted by molar-refractivity contribution is -0.123. The van der Waals surface area contributed by atoms with Gasteiger partial charge in [0, 0.05) is 23.6 Å². The van der Waals surface area contributed by atoms with Crippen molar-refractivity contribution in [1.82, 2.24) is 5.32 Å². The van der Waals surface area contributed by atoms with Gasteiger partial charge in [-0.3, -0.25) is 4.79 Å². The fraction of sp³-hybridized carbons (Fsp3) is 0.118. The van der Waals surface area contributed by atoms with Crippen molar-refractivity contribution >= 4 is 11.5 Å². The number of nitrogens with one attached hydrogen (secondary N) is 1. The minimum absolute atomic E-state index is 0.164. The zero-order valence-electron chi connectivity index (χ0n) is 11.2. The molecule has 2 aromatic carbocycles. The molecule has 1 heterocycles. The Morgan fingerprint density at radius 3 is 2.40 bits per heavy atom. The lowest BCUT2D eigenvalue weighted by Gasteiger charge is -2.31. The van der Waals surface area contributed by atoms with Crippen molar-refractivity contribution in [3.05, 3.63) is 72.3 Å². The third-order valence-corrected chi connectivity index (χ3v) is 3.43. The molecule has 2 aromatic rings. The van der Waals surface area contributed by atoms with E-state index in [1.807, 2.05) is 54.6 Å². The fourth-order valence-electron chi connectivity index (χ4n) is 2.55. The first-order chi connectivity index (χ1) is 9.63. The Kier molecular flexibility index (Phi) is 2.83. The molecular formula is C17H15NO2. The quantitative estimate of drug-likeness (QED) is 0.906. The molecule has 3 rings (SSSR count). The minimum atomic E-state index is -1.02. The summed E-state index contributed by atoms with van der Waals surface area (Å²) in [5.74, 6) is 0.568. The van der Waals surface area contributed by atoms with Crippen molar-refractivity contribution in [3.8, 4) is 5.75 Å². The molecule has 1 unspecified atom stereocenters. The van der Waals surface area contributed by atoms with Crippen molar-refractivity contribution in [2.45, 2.75) is 12.6 Å². The van der Waals surface area contributed by atoms with Gasteiger partial charge in [0.15, 0.2) is 0 Å². The maximum absolute atomic E-state index is 11.6. The second-order valence-electron chi connectivity index (χ2n) is 4.81. The number of carbonyl (C=O) groups is 1. The number of ether oxygens (including phenoxy) is 1. The van der Waals surface area contributed by atoms with Crippen LogP contribution in [0.3, 0.4) is 0 Å². The Hall–Kier alpha value is -2.55. The van der Waals surface area contributed by atoms with E-state index >= 15 is 0 Å². The first-order valence-electron chi connectivity index (χ1n) is 6.45. The third-order valence-electron chi connectivity index (χ3n) is 3.43. The van der Waals surface area contributed by atoms with Gasteiger partial charge in [0.25, 0.3) is 0 Å². The topological polar surface area (TPSA) is 38.3 Å². The van der Waals surface area contributed by atoms with Gasteiger partial charge in [-0.05, 0) is 6.07 Å². The Bertz CT molecular complexity index is 678. The van der Waals surface area contributed by atoms with Crippen LogP contribution in [0.4, 0.5) is 0 Å². The summed E-state index contributed by atoms with van der Waals surface area (Å²) < 4.78 is 6.07. The van der Waals surface area contributed by atoms with Gasteiger partial charge < -0.3 is 10.1 Å². The van der Waals surface area contributed by atoms with Crippen LogP contribution in [0.2, 0.25) is 0 Å². The summed E-state index contributed by atoms with van der Waals surface area (Å²) in [4.78, 5) is 11.6. The molecule has 1 atom stereocenters. The maximum atomic E-state index is 11.6. The van der Waals surface area contributed by atoms with Crippen molar-refractivity contribution < 1.29 is 9.53 Å². The molecule has 0 radical (unpaired) electrons. The number of rotatable bonds is 2. The van der Waals surface area contributed by atoms with Crippen LogP contribution < -0.4 is 10.1 Å². The molecule has 0 fully saturated rings. The van der Waals surface area contributed by atoms with Gasteiger partial charge in [-0.15, -0.1) is 0 Å². The summed E-state index contributed by atoms with van der Waals surface area (Å²) in [5, 5.41) is 2.91. The predicted octanol–water partition coefficient (Wildman–Crippen LogP) is 3.08. The van der Waals surface area contributed by atoms with Gasteiger partial charge in [-0.2, -0.15) is 0 Å². The Balaban J connectivity index is 2.15. The van der Waals surface area contributed by atoms with Crippen LogP contribution in [0.15, 0.2) is 61.2 Å². The zero-order chi connectivity index (χ0) is 14.2. The van der Waals surface area contributed by atoms with Crippen LogP contribution in [0.1, 0.15) is 18.1 Å². The monoisotopic (exact) mass is 265 g/mol.